The number of anilines is 2. The van der Waals surface area contributed by atoms with Gasteiger partial charge < -0.3 is 25.4 Å². The Hall–Kier alpha value is -3.55. The average molecular weight is 428 g/mol. The van der Waals surface area contributed by atoms with Crippen LogP contribution in [0, 0.1) is 13.8 Å². The van der Waals surface area contributed by atoms with Crippen LogP contribution in [0.2, 0.25) is 0 Å². The van der Waals surface area contributed by atoms with Gasteiger partial charge in [0.2, 0.25) is 5.91 Å². The second kappa shape index (κ2) is 10.5. The van der Waals surface area contributed by atoms with Crippen LogP contribution in [-0.2, 0) is 14.3 Å². The highest BCUT2D eigenvalue weighted by molar-refractivity contribution is 6.01. The number of para-hydroxylation sites is 2. The maximum atomic E-state index is 12.3. The van der Waals surface area contributed by atoms with Gasteiger partial charge in [0.05, 0.1) is 11.4 Å². The largest absolute Gasteiger partial charge is 0.483 e. The van der Waals surface area contributed by atoms with Crippen molar-refractivity contribution in [3.63, 3.8) is 0 Å². The Morgan fingerprint density at radius 3 is 2.10 bits per heavy atom. The van der Waals surface area contributed by atoms with Crippen LogP contribution in [0.3, 0.4) is 0 Å². The number of hydrogen-bond acceptors (Lipinski definition) is 5. The van der Waals surface area contributed by atoms with Crippen molar-refractivity contribution in [1.82, 2.24) is 5.32 Å². The maximum absolute atomic E-state index is 12.3. The van der Waals surface area contributed by atoms with Crippen LogP contribution in [0.15, 0.2) is 42.5 Å². The van der Waals surface area contributed by atoms with Crippen LogP contribution >= 0.6 is 0 Å². The first-order valence-electron chi connectivity index (χ1n) is 9.90. The first-order chi connectivity index (χ1) is 14.5. The summed E-state index contributed by atoms with van der Waals surface area (Å²) in [4.78, 5) is 36.2. The van der Waals surface area contributed by atoms with E-state index in [0.29, 0.717) is 17.1 Å². The number of rotatable bonds is 7. The summed E-state index contributed by atoms with van der Waals surface area (Å²) in [5.74, 6) is -0.182. The van der Waals surface area contributed by atoms with E-state index in [0.717, 1.165) is 11.1 Å². The Kier molecular flexibility index (Phi) is 8.01. The zero-order chi connectivity index (χ0) is 23.0. The fourth-order valence-electron chi connectivity index (χ4n) is 2.57. The minimum Gasteiger partial charge on any atom is -0.483 e. The van der Waals surface area contributed by atoms with Gasteiger partial charge in [-0.15, -0.1) is 0 Å². The van der Waals surface area contributed by atoms with E-state index in [-0.39, 0.29) is 19.1 Å². The quantitative estimate of drug-likeness (QED) is 0.624. The van der Waals surface area contributed by atoms with Gasteiger partial charge in [0.1, 0.15) is 17.9 Å². The zero-order valence-electron chi connectivity index (χ0n) is 18.5. The van der Waals surface area contributed by atoms with Crippen LogP contribution in [0.4, 0.5) is 16.2 Å². The van der Waals surface area contributed by atoms with Crippen molar-refractivity contribution in [2.24, 2.45) is 0 Å². The zero-order valence-corrected chi connectivity index (χ0v) is 18.5. The van der Waals surface area contributed by atoms with E-state index >= 15 is 0 Å². The third kappa shape index (κ3) is 8.00. The second-order valence-corrected chi connectivity index (χ2v) is 7.98. The summed E-state index contributed by atoms with van der Waals surface area (Å²) in [6.07, 6.45) is -0.687. The molecule has 0 spiro atoms. The lowest BCUT2D eigenvalue weighted by Gasteiger charge is -2.19. The first kappa shape index (κ1) is 23.7. The van der Waals surface area contributed by atoms with E-state index < -0.39 is 17.6 Å². The van der Waals surface area contributed by atoms with E-state index in [9.17, 15) is 14.4 Å². The number of aryl methyl sites for hydroxylation is 1. The van der Waals surface area contributed by atoms with Crippen molar-refractivity contribution < 1.29 is 23.9 Å². The van der Waals surface area contributed by atoms with Gasteiger partial charge in [-0.1, -0.05) is 24.3 Å². The Morgan fingerprint density at radius 1 is 0.871 bits per heavy atom. The molecule has 0 atom stereocenters. The standard InChI is InChI=1S/C23H29N3O5/c1-15-9-8-12-19(16(15)2)30-14-21(28)26-18-11-7-6-10-17(18)25-20(27)13-24-22(29)31-23(3,4)5/h6-12H,13-14H2,1-5H3,(H,24,29)(H,25,27)(H,26,28). The fraction of sp³-hybridized carbons (Fsp3) is 0.348. The highest BCUT2D eigenvalue weighted by atomic mass is 16.6. The number of carbonyl (C=O) groups is 3. The van der Waals surface area contributed by atoms with Gasteiger partial charge in [-0.2, -0.15) is 0 Å². The molecular weight excluding hydrogens is 398 g/mol. The molecule has 8 nitrogen and oxygen atoms in total. The molecule has 2 aromatic carbocycles. The van der Waals surface area contributed by atoms with Crippen molar-refractivity contribution in [2.75, 3.05) is 23.8 Å². The molecule has 2 rings (SSSR count). The molecule has 0 radical (unpaired) electrons. The lowest BCUT2D eigenvalue weighted by molar-refractivity contribution is -0.118. The van der Waals surface area contributed by atoms with Gasteiger partial charge in [-0.25, -0.2) is 4.79 Å². The third-order valence-corrected chi connectivity index (χ3v) is 4.18. The van der Waals surface area contributed by atoms with Crippen LogP contribution in [0.1, 0.15) is 31.9 Å². The van der Waals surface area contributed by atoms with Crippen molar-refractivity contribution in [3.05, 3.63) is 53.6 Å². The Morgan fingerprint density at radius 2 is 1.48 bits per heavy atom. The predicted octanol–water partition coefficient (Wildman–Crippen LogP) is 3.78. The highest BCUT2D eigenvalue weighted by Gasteiger charge is 2.17. The smallest absolute Gasteiger partial charge is 0.408 e. The van der Waals surface area contributed by atoms with Gasteiger partial charge in [0, 0.05) is 0 Å². The van der Waals surface area contributed by atoms with Gasteiger partial charge in [-0.3, -0.25) is 9.59 Å². The number of hydrogen-bond donors (Lipinski definition) is 3. The van der Waals surface area contributed by atoms with E-state index in [2.05, 4.69) is 16.0 Å². The Labute approximate surface area is 182 Å². The second-order valence-electron chi connectivity index (χ2n) is 7.98. The third-order valence-electron chi connectivity index (χ3n) is 4.18. The minimum atomic E-state index is -0.687. The lowest BCUT2D eigenvalue weighted by atomic mass is 10.1. The minimum absolute atomic E-state index is 0.174. The molecule has 0 fully saturated rings. The molecule has 3 N–H and O–H groups in total. The number of ether oxygens (including phenoxy) is 2. The van der Waals surface area contributed by atoms with Crippen LogP contribution in [0.25, 0.3) is 0 Å². The molecule has 8 heteroatoms. The first-order valence-corrected chi connectivity index (χ1v) is 9.90. The monoisotopic (exact) mass is 427 g/mol. The van der Waals surface area contributed by atoms with E-state index in [4.69, 9.17) is 9.47 Å². The SMILES string of the molecule is Cc1cccc(OCC(=O)Nc2ccccc2NC(=O)CNC(=O)OC(C)(C)C)c1C. The fourth-order valence-corrected chi connectivity index (χ4v) is 2.57. The summed E-state index contributed by atoms with van der Waals surface area (Å²) < 4.78 is 10.7. The Balaban J connectivity index is 1.91. The van der Waals surface area contributed by atoms with Crippen LogP contribution in [0.5, 0.6) is 5.75 Å². The summed E-state index contributed by atoms with van der Waals surface area (Å²) in [5.41, 5.74) is 2.21. The van der Waals surface area contributed by atoms with Crippen LogP contribution in [-0.4, -0.2) is 36.7 Å². The van der Waals surface area contributed by atoms with Crippen molar-refractivity contribution in [3.8, 4) is 5.75 Å². The summed E-state index contributed by atoms with van der Waals surface area (Å²) in [7, 11) is 0. The molecule has 166 valence electrons. The summed E-state index contributed by atoms with van der Waals surface area (Å²) in [5, 5.41) is 7.77. The summed E-state index contributed by atoms with van der Waals surface area (Å²) in [6.45, 7) is 8.65. The average Bonchev–Trinajstić information content (AvgIpc) is 2.68. The topological polar surface area (TPSA) is 106 Å². The summed E-state index contributed by atoms with van der Waals surface area (Å²) in [6, 6.07) is 12.4. The number of nitrogens with one attached hydrogen (secondary N) is 3. The number of amides is 3. The van der Waals surface area contributed by atoms with Crippen molar-refractivity contribution >= 4 is 29.3 Å². The van der Waals surface area contributed by atoms with E-state index in [1.165, 1.54) is 0 Å². The molecule has 0 saturated carbocycles. The molecule has 0 saturated heterocycles. The molecule has 31 heavy (non-hydrogen) atoms. The van der Waals surface area contributed by atoms with Gasteiger partial charge in [0.15, 0.2) is 6.61 Å². The molecule has 0 bridgehead atoms. The van der Waals surface area contributed by atoms with Crippen molar-refractivity contribution in [1.29, 1.82) is 0 Å². The molecule has 0 unspecified atom stereocenters. The van der Waals surface area contributed by atoms with E-state index in [1.807, 2.05) is 26.0 Å². The molecule has 0 aromatic heterocycles. The van der Waals surface area contributed by atoms with Gasteiger partial charge in [0.25, 0.3) is 5.91 Å². The summed E-state index contributed by atoms with van der Waals surface area (Å²) >= 11 is 0. The number of alkyl carbamates (subject to hydrolysis) is 1. The van der Waals surface area contributed by atoms with E-state index in [1.54, 1.807) is 51.1 Å². The normalized spacial score (nSPS) is 10.7. The molecular formula is C23H29N3O5. The van der Waals surface area contributed by atoms with Crippen LogP contribution < -0.4 is 20.7 Å². The highest BCUT2D eigenvalue weighted by Crippen LogP contribution is 2.22. The Bertz CT molecular complexity index is 950. The molecule has 0 aliphatic carbocycles. The van der Waals surface area contributed by atoms with Gasteiger partial charge in [-0.05, 0) is 63.9 Å². The lowest BCUT2D eigenvalue weighted by Crippen LogP contribution is -2.37. The molecule has 0 heterocycles. The number of carbonyl (C=O) groups excluding carboxylic acids is 3. The molecule has 0 aliphatic rings. The molecule has 3 amide bonds. The predicted molar refractivity (Wildman–Crippen MR) is 119 cm³/mol. The van der Waals surface area contributed by atoms with Gasteiger partial charge >= 0.3 is 6.09 Å². The molecule has 2 aromatic rings. The maximum Gasteiger partial charge on any atom is 0.408 e. The molecule has 0 aliphatic heterocycles. The van der Waals surface area contributed by atoms with Crippen molar-refractivity contribution in [2.45, 2.75) is 40.2 Å². The number of benzene rings is 2.